The average molecular weight is 514 g/mol. The van der Waals surface area contributed by atoms with Crippen molar-refractivity contribution in [2.45, 2.75) is 45.3 Å². The number of piperidine rings is 1. The molecule has 1 saturated heterocycles. The van der Waals surface area contributed by atoms with Gasteiger partial charge >= 0.3 is 24.3 Å². The standard InChI is InChI=1S/C16H22N4O.2C2HF3O2/c1-13-17-6-9-20(13)11-14-3-7-19(8-4-14)16-2-5-18-15(10-16)12-21;2*3-2(4,5)1(6)7/h2,5-6,9-10,14,21H,3-4,7-8,11-12H2,1H3;2*(H,6,7). The molecule has 0 atom stereocenters. The number of carboxylic acid groups (broad SMARTS) is 2. The van der Waals surface area contributed by atoms with Crippen LogP contribution < -0.4 is 4.90 Å². The SMILES string of the molecule is Cc1nccn1CC1CCN(c2ccnc(CO)c2)CC1.O=C(O)C(F)(F)F.O=C(O)C(F)(F)F. The van der Waals surface area contributed by atoms with E-state index in [-0.39, 0.29) is 6.61 Å². The van der Waals surface area contributed by atoms with Gasteiger partial charge in [-0.3, -0.25) is 4.98 Å². The molecule has 0 aromatic carbocycles. The van der Waals surface area contributed by atoms with Gasteiger partial charge in [-0.05, 0) is 37.8 Å². The number of rotatable bonds is 4. The van der Waals surface area contributed by atoms with Crippen LogP contribution in [0.3, 0.4) is 0 Å². The number of aliphatic hydroxyl groups excluding tert-OH is 1. The molecule has 2 aromatic heterocycles. The summed E-state index contributed by atoms with van der Waals surface area (Å²) < 4.78 is 65.7. The lowest BCUT2D eigenvalue weighted by Crippen LogP contribution is -2.35. The third kappa shape index (κ3) is 10.6. The average Bonchev–Trinajstić information content (AvgIpc) is 3.18. The first-order chi connectivity index (χ1) is 16.1. The zero-order valence-electron chi connectivity index (χ0n) is 18.4. The predicted molar refractivity (Wildman–Crippen MR) is 109 cm³/mol. The molecule has 3 rings (SSSR count). The normalized spacial score (nSPS) is 14.3. The fourth-order valence-electron chi connectivity index (χ4n) is 3.00. The van der Waals surface area contributed by atoms with E-state index < -0.39 is 24.3 Å². The zero-order chi connectivity index (χ0) is 26.8. The second-order valence-electron chi connectivity index (χ2n) is 7.33. The second kappa shape index (κ2) is 12.9. The minimum Gasteiger partial charge on any atom is -0.475 e. The van der Waals surface area contributed by atoms with Crippen molar-refractivity contribution >= 4 is 17.6 Å². The Morgan fingerprint density at radius 3 is 1.91 bits per heavy atom. The first-order valence-electron chi connectivity index (χ1n) is 10.0. The molecule has 3 N–H and O–H groups in total. The van der Waals surface area contributed by atoms with E-state index in [1.807, 2.05) is 18.3 Å². The Bertz CT molecular complexity index is 932. The number of aliphatic carboxylic acids is 2. The molecule has 35 heavy (non-hydrogen) atoms. The van der Waals surface area contributed by atoms with Crippen LogP contribution in [-0.4, -0.2) is 67.2 Å². The summed E-state index contributed by atoms with van der Waals surface area (Å²) in [5, 5.41) is 23.4. The van der Waals surface area contributed by atoms with E-state index in [0.29, 0.717) is 5.92 Å². The van der Waals surface area contributed by atoms with E-state index in [9.17, 15) is 31.4 Å². The van der Waals surface area contributed by atoms with Crippen LogP contribution in [0.5, 0.6) is 0 Å². The summed E-state index contributed by atoms with van der Waals surface area (Å²) in [4.78, 5) is 28.6. The molecule has 0 saturated carbocycles. The number of nitrogens with zero attached hydrogens (tertiary/aromatic N) is 4. The molecule has 0 unspecified atom stereocenters. The van der Waals surface area contributed by atoms with Crippen LogP contribution in [-0.2, 0) is 22.7 Å². The molecule has 3 heterocycles. The van der Waals surface area contributed by atoms with Crippen molar-refractivity contribution in [1.29, 1.82) is 0 Å². The highest BCUT2D eigenvalue weighted by molar-refractivity contribution is 5.73. The van der Waals surface area contributed by atoms with Gasteiger partial charge in [0.2, 0.25) is 0 Å². The molecular weight excluding hydrogens is 490 g/mol. The van der Waals surface area contributed by atoms with Crippen LogP contribution in [0.2, 0.25) is 0 Å². The number of pyridine rings is 1. The molecule has 9 nitrogen and oxygen atoms in total. The van der Waals surface area contributed by atoms with Crippen molar-refractivity contribution in [2.24, 2.45) is 5.92 Å². The maximum Gasteiger partial charge on any atom is 0.490 e. The van der Waals surface area contributed by atoms with Gasteiger partial charge in [0.1, 0.15) is 5.82 Å². The summed E-state index contributed by atoms with van der Waals surface area (Å²) in [6.45, 7) is 5.26. The van der Waals surface area contributed by atoms with Gasteiger partial charge < -0.3 is 24.8 Å². The Labute approximate surface area is 195 Å². The highest BCUT2D eigenvalue weighted by Crippen LogP contribution is 2.25. The lowest BCUT2D eigenvalue weighted by Gasteiger charge is -2.34. The van der Waals surface area contributed by atoms with Crippen LogP contribution in [0.15, 0.2) is 30.7 Å². The Balaban J connectivity index is 0.000000362. The monoisotopic (exact) mass is 514 g/mol. The topological polar surface area (TPSA) is 129 Å². The van der Waals surface area contributed by atoms with Gasteiger partial charge in [-0.2, -0.15) is 26.3 Å². The van der Waals surface area contributed by atoms with E-state index in [0.717, 1.165) is 31.2 Å². The number of carboxylic acids is 2. The van der Waals surface area contributed by atoms with Crippen LogP contribution in [0.4, 0.5) is 32.0 Å². The minimum atomic E-state index is -5.08. The Morgan fingerprint density at radius 1 is 1.00 bits per heavy atom. The number of carbonyl (C=O) groups is 2. The molecule has 0 spiro atoms. The largest absolute Gasteiger partial charge is 0.490 e. The maximum absolute atomic E-state index is 10.6. The molecular formula is C20H24F6N4O5. The summed E-state index contributed by atoms with van der Waals surface area (Å²) in [5.41, 5.74) is 1.91. The summed E-state index contributed by atoms with van der Waals surface area (Å²) in [6.07, 6.45) is -2.07. The minimum absolute atomic E-state index is 0.00418. The van der Waals surface area contributed by atoms with E-state index >= 15 is 0 Å². The molecule has 0 bridgehead atoms. The van der Waals surface area contributed by atoms with Crippen molar-refractivity contribution in [1.82, 2.24) is 14.5 Å². The fraction of sp³-hybridized carbons (Fsp3) is 0.500. The highest BCUT2D eigenvalue weighted by atomic mass is 19.4. The van der Waals surface area contributed by atoms with Gasteiger partial charge in [-0.25, -0.2) is 14.6 Å². The summed E-state index contributed by atoms with van der Waals surface area (Å²) in [6, 6.07) is 4.01. The smallest absolute Gasteiger partial charge is 0.475 e. The number of hydrogen-bond acceptors (Lipinski definition) is 6. The van der Waals surface area contributed by atoms with Gasteiger partial charge in [-0.15, -0.1) is 0 Å². The first kappa shape index (κ1) is 29.7. The van der Waals surface area contributed by atoms with Crippen LogP contribution in [0.1, 0.15) is 24.4 Å². The van der Waals surface area contributed by atoms with Crippen LogP contribution in [0, 0.1) is 12.8 Å². The number of imidazole rings is 1. The Kier molecular flexibility index (Phi) is 11.0. The van der Waals surface area contributed by atoms with Crippen molar-refractivity contribution in [2.75, 3.05) is 18.0 Å². The molecule has 1 aliphatic rings. The van der Waals surface area contributed by atoms with Crippen molar-refractivity contribution in [3.63, 3.8) is 0 Å². The van der Waals surface area contributed by atoms with Crippen molar-refractivity contribution in [3.05, 3.63) is 42.2 Å². The quantitative estimate of drug-likeness (QED) is 0.531. The molecule has 1 fully saturated rings. The predicted octanol–water partition coefficient (Wildman–Crippen LogP) is 3.26. The summed E-state index contributed by atoms with van der Waals surface area (Å²) in [7, 11) is 0. The molecule has 2 aromatic rings. The zero-order valence-corrected chi connectivity index (χ0v) is 18.4. The van der Waals surface area contributed by atoms with Crippen LogP contribution in [0.25, 0.3) is 0 Å². The lowest BCUT2D eigenvalue weighted by molar-refractivity contribution is -0.193. The van der Waals surface area contributed by atoms with Gasteiger partial charge in [0, 0.05) is 43.9 Å². The van der Waals surface area contributed by atoms with Crippen molar-refractivity contribution in [3.8, 4) is 0 Å². The number of aromatic nitrogens is 3. The summed E-state index contributed by atoms with van der Waals surface area (Å²) in [5.74, 6) is -3.70. The van der Waals surface area contributed by atoms with Gasteiger partial charge in [-0.1, -0.05) is 0 Å². The highest BCUT2D eigenvalue weighted by Gasteiger charge is 2.38. The molecule has 0 radical (unpaired) electrons. The van der Waals surface area contributed by atoms with Crippen LogP contribution >= 0.6 is 0 Å². The number of hydrogen-bond donors (Lipinski definition) is 3. The van der Waals surface area contributed by atoms with E-state index in [1.165, 1.54) is 18.5 Å². The number of halogens is 6. The number of aryl methyl sites for hydroxylation is 1. The Hall–Kier alpha value is -3.36. The number of anilines is 1. The van der Waals surface area contributed by atoms with E-state index in [1.54, 1.807) is 6.20 Å². The van der Waals surface area contributed by atoms with E-state index in [4.69, 9.17) is 19.8 Å². The molecule has 0 aliphatic carbocycles. The Morgan fingerprint density at radius 2 is 1.51 bits per heavy atom. The second-order valence-corrected chi connectivity index (χ2v) is 7.33. The van der Waals surface area contributed by atoms with Crippen molar-refractivity contribution < 1.29 is 51.3 Å². The maximum atomic E-state index is 10.6. The van der Waals surface area contributed by atoms with Gasteiger partial charge in [0.15, 0.2) is 0 Å². The summed E-state index contributed by atoms with van der Waals surface area (Å²) >= 11 is 0. The first-order valence-corrected chi connectivity index (χ1v) is 10.0. The fourth-order valence-corrected chi connectivity index (χ4v) is 3.00. The number of alkyl halides is 6. The molecule has 15 heteroatoms. The third-order valence-electron chi connectivity index (χ3n) is 4.81. The molecule has 196 valence electrons. The van der Waals surface area contributed by atoms with E-state index in [2.05, 4.69) is 32.6 Å². The third-order valence-corrected chi connectivity index (χ3v) is 4.81. The van der Waals surface area contributed by atoms with Gasteiger partial charge in [0.05, 0.1) is 12.3 Å². The lowest BCUT2D eigenvalue weighted by atomic mass is 9.96. The molecule has 1 aliphatic heterocycles. The van der Waals surface area contributed by atoms with Gasteiger partial charge in [0.25, 0.3) is 0 Å². The number of aliphatic hydroxyl groups is 1. The molecule has 0 amide bonds.